The molecule has 0 aromatic rings. The van der Waals surface area contributed by atoms with Crippen molar-refractivity contribution in [3.05, 3.63) is 0 Å². The molecule has 16 heteroatoms. The highest BCUT2D eigenvalue weighted by Gasteiger charge is 3.08. The van der Waals surface area contributed by atoms with Gasteiger partial charge in [0.05, 0.1) is 0 Å². The molecule has 0 aromatic heterocycles. The molecule has 0 radical (unpaired) electrons. The predicted molar refractivity (Wildman–Crippen MR) is 39.6 cm³/mol. The van der Waals surface area contributed by atoms with E-state index in [2.05, 4.69) is 0 Å². The molecule has 1 saturated carbocycles. The zero-order valence-corrected chi connectivity index (χ0v) is 10.0. The third-order valence-corrected chi connectivity index (χ3v) is 3.30. The Hall–Kier alpha value is -1.12. The summed E-state index contributed by atoms with van der Waals surface area (Å²) >= 11 is 0. The number of halogens is 16. The lowest BCUT2D eigenvalue weighted by Gasteiger charge is -2.55. The first-order chi connectivity index (χ1) is 10.0. The number of alkyl halides is 16. The zero-order valence-electron chi connectivity index (χ0n) is 10.0. The van der Waals surface area contributed by atoms with Crippen LogP contribution in [0.15, 0.2) is 0 Å². The molecule has 0 nitrogen and oxygen atoms in total. The zero-order chi connectivity index (χ0) is 20.0. The van der Waals surface area contributed by atoms with Gasteiger partial charge in [0.15, 0.2) is 0 Å². The second-order valence-corrected chi connectivity index (χ2v) is 4.61. The van der Waals surface area contributed by atoms with E-state index in [1.807, 2.05) is 0 Å². The first-order valence-electron chi connectivity index (χ1n) is 5.02. The van der Waals surface area contributed by atoms with Crippen molar-refractivity contribution in [2.75, 3.05) is 0 Å². The fourth-order valence-corrected chi connectivity index (χ4v) is 2.01. The highest BCUT2D eigenvalue weighted by molar-refractivity contribution is 5.33. The Morgan fingerprint density at radius 3 is 0.625 bits per heavy atom. The van der Waals surface area contributed by atoms with Crippen molar-refractivity contribution in [1.82, 2.24) is 0 Å². The van der Waals surface area contributed by atoms with Crippen LogP contribution in [0.2, 0.25) is 0 Å². The maximum atomic E-state index is 13.5. The monoisotopic (exact) mass is 400 g/mol. The van der Waals surface area contributed by atoms with Gasteiger partial charge in [-0.05, 0) is 0 Å². The van der Waals surface area contributed by atoms with Crippen LogP contribution in [-0.2, 0) is 0 Å². The van der Waals surface area contributed by atoms with Gasteiger partial charge in [0.2, 0.25) is 0 Å². The maximum absolute atomic E-state index is 13.5. The van der Waals surface area contributed by atoms with Gasteiger partial charge in [0.25, 0.3) is 0 Å². The van der Waals surface area contributed by atoms with E-state index in [9.17, 15) is 70.2 Å². The van der Waals surface area contributed by atoms with E-state index in [1.54, 1.807) is 0 Å². The topological polar surface area (TPSA) is 0 Å². The highest BCUT2D eigenvalue weighted by Crippen LogP contribution is 2.74. The molecule has 0 aromatic carbocycles. The van der Waals surface area contributed by atoms with E-state index in [4.69, 9.17) is 0 Å². The summed E-state index contributed by atoms with van der Waals surface area (Å²) < 4.78 is 204. The molecule has 2 atom stereocenters. The summed E-state index contributed by atoms with van der Waals surface area (Å²) in [5.74, 6) is -32.6. The van der Waals surface area contributed by atoms with E-state index in [-0.39, 0.29) is 0 Å². The van der Waals surface area contributed by atoms with Crippen LogP contribution in [0.4, 0.5) is 70.2 Å². The second kappa shape index (κ2) is 4.34. The summed E-state index contributed by atoms with van der Waals surface area (Å²) in [5, 5.41) is 0. The normalized spacial score (nSPS) is 38.0. The molecule has 0 spiro atoms. The Morgan fingerprint density at radius 1 is 0.333 bits per heavy atom. The molecule has 1 aliphatic rings. The minimum Gasteiger partial charge on any atom is -0.222 e. The average molecular weight is 400 g/mol. The summed E-state index contributed by atoms with van der Waals surface area (Å²) in [5.41, 5.74) is -16.9. The molecule has 144 valence electrons. The molecule has 0 saturated heterocycles. The molecule has 1 fully saturated rings. The van der Waals surface area contributed by atoms with Gasteiger partial charge in [-0.1, -0.05) is 0 Å². The van der Waals surface area contributed by atoms with E-state index >= 15 is 0 Å². The van der Waals surface area contributed by atoms with Crippen LogP contribution in [0.1, 0.15) is 0 Å². The van der Waals surface area contributed by atoms with Gasteiger partial charge < -0.3 is 0 Å². The largest absolute Gasteiger partial charge is 0.432 e. The minimum atomic E-state index is -8.43. The van der Waals surface area contributed by atoms with Gasteiger partial charge in [0, 0.05) is 0 Å². The molecule has 0 aliphatic heterocycles. The molecule has 0 N–H and O–H groups in total. The number of hydrogen-bond donors (Lipinski definition) is 0. The SMILES string of the molecule is FC1(F)C(F)(F)C(F)(F)[C@](F)(C(F)(F)F)[C@@](F)(C(F)(F)F)C1(F)F. The fraction of sp³-hybridized carbons (Fsp3) is 1.00. The van der Waals surface area contributed by atoms with E-state index in [0.29, 0.717) is 0 Å². The molecular formula is C8F16. The van der Waals surface area contributed by atoms with Gasteiger partial charge in [-0.15, -0.1) is 0 Å². The third kappa shape index (κ3) is 1.64. The van der Waals surface area contributed by atoms with Gasteiger partial charge in [-0.25, -0.2) is 8.78 Å². The van der Waals surface area contributed by atoms with Crippen LogP contribution < -0.4 is 0 Å². The number of hydrogen-bond acceptors (Lipinski definition) is 0. The fourth-order valence-electron chi connectivity index (χ4n) is 2.01. The van der Waals surface area contributed by atoms with Gasteiger partial charge in [0.1, 0.15) is 0 Å². The molecule has 24 heavy (non-hydrogen) atoms. The highest BCUT2D eigenvalue weighted by atomic mass is 19.4. The lowest BCUT2D eigenvalue weighted by Crippen LogP contribution is -2.90. The van der Waals surface area contributed by atoms with Crippen LogP contribution in [0.3, 0.4) is 0 Å². The summed E-state index contributed by atoms with van der Waals surface area (Å²) in [6.07, 6.45) is -16.2. The molecule has 0 unspecified atom stereocenters. The maximum Gasteiger partial charge on any atom is 0.432 e. The predicted octanol–water partition coefficient (Wildman–Crippen LogP) is 5.08. The summed E-state index contributed by atoms with van der Waals surface area (Å²) in [7, 11) is 0. The first kappa shape index (κ1) is 20.9. The standard InChI is InChI=1S/C8F16/c9-1(7(19,20)21)2(10,8(22,23)24)4(13,14)6(17,18)5(15,16)3(1,11)12/t1-,2-/m0/s1. The lowest BCUT2D eigenvalue weighted by atomic mass is 9.64. The van der Waals surface area contributed by atoms with Crippen LogP contribution in [-0.4, -0.2) is 47.4 Å². The molecule has 1 rings (SSSR count). The van der Waals surface area contributed by atoms with Crippen molar-refractivity contribution in [2.45, 2.75) is 47.4 Å². The average Bonchev–Trinajstić information content (AvgIpc) is 2.31. The van der Waals surface area contributed by atoms with E-state index in [1.165, 1.54) is 0 Å². The second-order valence-electron chi connectivity index (χ2n) is 4.61. The van der Waals surface area contributed by atoms with Crippen molar-refractivity contribution in [3.63, 3.8) is 0 Å². The Labute approximate surface area is 119 Å². The third-order valence-electron chi connectivity index (χ3n) is 3.30. The van der Waals surface area contributed by atoms with Crippen molar-refractivity contribution >= 4 is 0 Å². The first-order valence-corrected chi connectivity index (χ1v) is 5.02. The van der Waals surface area contributed by atoms with Gasteiger partial charge in [-0.2, -0.15) is 61.5 Å². The van der Waals surface area contributed by atoms with Crippen LogP contribution >= 0.6 is 0 Å². The minimum absolute atomic E-state index is 8.03. The number of rotatable bonds is 0. The summed E-state index contributed by atoms with van der Waals surface area (Å²) in [6, 6.07) is 0. The Kier molecular flexibility index (Phi) is 3.78. The van der Waals surface area contributed by atoms with E-state index < -0.39 is 47.4 Å². The summed E-state index contributed by atoms with van der Waals surface area (Å²) in [6.45, 7) is 0. The van der Waals surface area contributed by atoms with Crippen molar-refractivity contribution in [3.8, 4) is 0 Å². The van der Waals surface area contributed by atoms with Crippen molar-refractivity contribution in [2.24, 2.45) is 0 Å². The van der Waals surface area contributed by atoms with Crippen LogP contribution in [0.5, 0.6) is 0 Å². The van der Waals surface area contributed by atoms with Gasteiger partial charge >= 0.3 is 47.4 Å². The Morgan fingerprint density at radius 2 is 0.500 bits per heavy atom. The Balaban J connectivity index is 4.18. The molecule has 0 bridgehead atoms. The molecular weight excluding hydrogens is 400 g/mol. The van der Waals surface area contributed by atoms with Crippen LogP contribution in [0.25, 0.3) is 0 Å². The quantitative estimate of drug-likeness (QED) is 0.498. The lowest BCUT2D eigenvalue weighted by molar-refractivity contribution is -0.524. The molecule has 1 aliphatic carbocycles. The van der Waals surface area contributed by atoms with Crippen molar-refractivity contribution < 1.29 is 70.2 Å². The molecule has 0 amide bonds. The van der Waals surface area contributed by atoms with Crippen LogP contribution in [0, 0.1) is 0 Å². The summed E-state index contributed by atoms with van der Waals surface area (Å²) in [4.78, 5) is 0. The molecule has 0 heterocycles. The van der Waals surface area contributed by atoms with E-state index in [0.717, 1.165) is 0 Å². The smallest absolute Gasteiger partial charge is 0.222 e. The Bertz CT molecular complexity index is 475. The van der Waals surface area contributed by atoms with Crippen molar-refractivity contribution in [1.29, 1.82) is 0 Å². The van der Waals surface area contributed by atoms with Gasteiger partial charge in [-0.3, -0.25) is 0 Å².